The van der Waals surface area contributed by atoms with Gasteiger partial charge in [-0.15, -0.1) is 0 Å². The second-order valence-corrected chi connectivity index (χ2v) is 15.5. The van der Waals surface area contributed by atoms with Gasteiger partial charge in [-0.05, 0) is 0 Å². The molecule has 1 aliphatic heterocycles. The fourth-order valence-corrected chi connectivity index (χ4v) is 13.4. The first-order chi connectivity index (χ1) is 7.04. The van der Waals surface area contributed by atoms with Crippen molar-refractivity contribution in [1.82, 2.24) is 3.12 Å². The van der Waals surface area contributed by atoms with Crippen molar-refractivity contribution in [1.29, 1.82) is 0 Å². The molecule has 0 N–H and O–H groups in total. The molecule has 0 aromatic rings. The van der Waals surface area contributed by atoms with Gasteiger partial charge in [-0.2, -0.15) is 0 Å². The summed E-state index contributed by atoms with van der Waals surface area (Å²) in [5, 5.41) is 0. The third kappa shape index (κ3) is 4.17. The van der Waals surface area contributed by atoms with Crippen LogP contribution in [0, 0.1) is 0 Å². The summed E-state index contributed by atoms with van der Waals surface area (Å²) < 4.78 is 16.3. The molecule has 0 atom stereocenters. The Kier molecular flexibility index (Phi) is 4.37. The monoisotopic (exact) mass is 337 g/mol. The average molecular weight is 336 g/mol. The fourth-order valence-electron chi connectivity index (χ4n) is 2.14. The molecule has 0 aliphatic carbocycles. The summed E-state index contributed by atoms with van der Waals surface area (Å²) >= 11 is -3.01. The van der Waals surface area contributed by atoms with E-state index in [1.54, 1.807) is 0 Å². The first-order valence-electron chi connectivity index (χ1n) is 6.16. The molecule has 0 aromatic carbocycles. The van der Waals surface area contributed by atoms with E-state index in [4.69, 9.17) is 6.15 Å². The Morgan fingerprint density at radius 1 is 0.938 bits per heavy atom. The maximum atomic E-state index is 6.39. The predicted molar refractivity (Wildman–Crippen MR) is 69.5 cm³/mol. The van der Waals surface area contributed by atoms with Crippen LogP contribution in [0.3, 0.4) is 0 Å². The number of hydrogen-bond donors (Lipinski definition) is 0. The van der Waals surface area contributed by atoms with Crippen LogP contribution in [0.15, 0.2) is 0 Å². The molecule has 1 saturated heterocycles. The second kappa shape index (κ2) is 4.75. The zero-order valence-corrected chi connectivity index (χ0v) is 14.7. The van der Waals surface area contributed by atoms with Gasteiger partial charge in [0.25, 0.3) is 0 Å². The van der Waals surface area contributed by atoms with Crippen molar-refractivity contribution in [3.8, 4) is 0 Å². The first kappa shape index (κ1) is 14.7. The van der Waals surface area contributed by atoms with Crippen LogP contribution < -0.4 is 0 Å². The fraction of sp³-hybridized carbons (Fsp3) is 1.00. The Morgan fingerprint density at radius 2 is 1.38 bits per heavy atom. The van der Waals surface area contributed by atoms with Crippen LogP contribution in [0.25, 0.3) is 0 Å². The summed E-state index contributed by atoms with van der Waals surface area (Å²) in [5.41, 5.74) is -0.195. The van der Waals surface area contributed by atoms with Crippen LogP contribution in [0.1, 0.15) is 48.0 Å². The molecule has 0 bridgehead atoms. The SMILES string of the molecule is C[N]1CC[CH2][Sn]1([O]C(C)(C)C)[O]C(C)(C)C. The van der Waals surface area contributed by atoms with Gasteiger partial charge in [0.05, 0.1) is 0 Å². The summed E-state index contributed by atoms with van der Waals surface area (Å²) in [6.45, 7) is 13.9. The molecule has 0 radical (unpaired) electrons. The normalized spacial score (nSPS) is 22.7. The molecule has 1 fully saturated rings. The van der Waals surface area contributed by atoms with Crippen LogP contribution >= 0.6 is 0 Å². The third-order valence-electron chi connectivity index (χ3n) is 2.50. The number of nitrogens with zero attached hydrogens (tertiary/aromatic N) is 1. The van der Waals surface area contributed by atoms with E-state index < -0.39 is 19.5 Å². The van der Waals surface area contributed by atoms with Crippen molar-refractivity contribution in [2.45, 2.75) is 63.6 Å². The van der Waals surface area contributed by atoms with Crippen LogP contribution in [0.4, 0.5) is 0 Å². The Balaban J connectivity index is 2.85. The van der Waals surface area contributed by atoms with E-state index in [9.17, 15) is 0 Å². The summed E-state index contributed by atoms with van der Waals surface area (Å²) in [7, 11) is 2.17. The van der Waals surface area contributed by atoms with Crippen molar-refractivity contribution in [3.05, 3.63) is 0 Å². The van der Waals surface area contributed by atoms with Crippen molar-refractivity contribution < 1.29 is 6.15 Å². The Bertz CT molecular complexity index is 226. The van der Waals surface area contributed by atoms with E-state index in [-0.39, 0.29) is 11.2 Å². The van der Waals surface area contributed by atoms with Gasteiger partial charge >= 0.3 is 106 Å². The Labute approximate surface area is 106 Å². The summed E-state index contributed by atoms with van der Waals surface area (Å²) in [4.78, 5) is 0. The van der Waals surface area contributed by atoms with E-state index in [2.05, 4.69) is 51.7 Å². The zero-order valence-electron chi connectivity index (χ0n) is 11.9. The molecule has 1 rings (SSSR count). The molecule has 1 aliphatic rings. The van der Waals surface area contributed by atoms with Crippen molar-refractivity contribution in [2.75, 3.05) is 13.6 Å². The molecular weight excluding hydrogens is 309 g/mol. The van der Waals surface area contributed by atoms with Gasteiger partial charge in [-0.25, -0.2) is 0 Å². The van der Waals surface area contributed by atoms with Gasteiger partial charge in [0, 0.05) is 0 Å². The molecule has 0 saturated carbocycles. The average Bonchev–Trinajstić information content (AvgIpc) is 2.24. The first-order valence-corrected chi connectivity index (χ1v) is 11.8. The van der Waals surface area contributed by atoms with Gasteiger partial charge in [0.2, 0.25) is 0 Å². The van der Waals surface area contributed by atoms with Crippen molar-refractivity contribution in [3.63, 3.8) is 0 Å². The van der Waals surface area contributed by atoms with Gasteiger partial charge in [0.1, 0.15) is 0 Å². The minimum absolute atomic E-state index is 0.0973. The molecule has 0 spiro atoms. The Hall–Kier alpha value is 0.679. The minimum atomic E-state index is -3.01. The van der Waals surface area contributed by atoms with Crippen molar-refractivity contribution in [2.24, 2.45) is 0 Å². The van der Waals surface area contributed by atoms with Crippen LogP contribution in [-0.4, -0.2) is 47.4 Å². The predicted octanol–water partition coefficient (Wildman–Crippen LogP) is 2.89. The number of hydrogen-bond acceptors (Lipinski definition) is 3. The molecule has 1 heterocycles. The van der Waals surface area contributed by atoms with E-state index in [1.807, 2.05) is 0 Å². The maximum absolute atomic E-state index is 6.39. The zero-order chi connectivity index (χ0) is 12.6. The standard InChI is InChI=1S/C4H9N.2C4H9O.Sn/c1-3-4-5-2;2*1-4(2,3)5;/h1,3-4H2,2H3;2*1-3H3;/q3*-1;+3. The summed E-state index contributed by atoms with van der Waals surface area (Å²) in [6, 6.07) is 0. The van der Waals surface area contributed by atoms with Crippen molar-refractivity contribution >= 4 is 19.5 Å². The molecule has 16 heavy (non-hydrogen) atoms. The van der Waals surface area contributed by atoms with E-state index in [0.29, 0.717) is 0 Å². The van der Waals surface area contributed by atoms with E-state index >= 15 is 0 Å². The van der Waals surface area contributed by atoms with Crippen LogP contribution in [0.5, 0.6) is 0 Å². The molecule has 0 unspecified atom stereocenters. The molecular formula is C12H27NO2Sn. The van der Waals surface area contributed by atoms with Gasteiger partial charge in [-0.1, -0.05) is 0 Å². The Morgan fingerprint density at radius 3 is 1.62 bits per heavy atom. The topological polar surface area (TPSA) is 21.7 Å². The van der Waals surface area contributed by atoms with Gasteiger partial charge in [-0.3, -0.25) is 0 Å². The van der Waals surface area contributed by atoms with Crippen LogP contribution in [0.2, 0.25) is 4.44 Å². The van der Waals surface area contributed by atoms with Gasteiger partial charge in [0.15, 0.2) is 0 Å². The van der Waals surface area contributed by atoms with Gasteiger partial charge < -0.3 is 0 Å². The molecule has 96 valence electrons. The van der Waals surface area contributed by atoms with E-state index in [0.717, 1.165) is 11.0 Å². The molecule has 0 amide bonds. The quantitative estimate of drug-likeness (QED) is 0.724. The third-order valence-corrected chi connectivity index (χ3v) is 14.6. The molecule has 3 nitrogen and oxygen atoms in total. The molecule has 4 heteroatoms. The summed E-state index contributed by atoms with van der Waals surface area (Å²) in [6.07, 6.45) is 1.22. The summed E-state index contributed by atoms with van der Waals surface area (Å²) in [5.74, 6) is 0. The molecule has 0 aromatic heterocycles. The van der Waals surface area contributed by atoms with Crippen LogP contribution in [-0.2, 0) is 6.15 Å². The second-order valence-electron chi connectivity index (χ2n) is 6.67. The van der Waals surface area contributed by atoms with E-state index in [1.165, 1.54) is 6.42 Å². The number of rotatable bonds is 2.